The first-order valence-electron chi connectivity index (χ1n) is 3.70. The van der Waals surface area contributed by atoms with Crippen molar-refractivity contribution >= 4 is 11.0 Å². The number of hydrogen-bond acceptors (Lipinski definition) is 2. The van der Waals surface area contributed by atoms with E-state index in [0.29, 0.717) is 11.1 Å². The van der Waals surface area contributed by atoms with Gasteiger partial charge in [0, 0.05) is 5.39 Å². The molecule has 0 fully saturated rings. The van der Waals surface area contributed by atoms with E-state index >= 15 is 0 Å². The topological polar surface area (TPSA) is 36.9 Å². The van der Waals surface area contributed by atoms with Crippen LogP contribution in [0.5, 0.6) is 0 Å². The molecule has 0 bridgehead atoms. The molecule has 2 heteroatoms. The molecule has 0 saturated carbocycles. The fourth-order valence-electron chi connectivity index (χ4n) is 1.29. The maximum atomic E-state index is 8.73. The van der Waals surface area contributed by atoms with Crippen molar-refractivity contribution in [1.82, 2.24) is 0 Å². The van der Waals surface area contributed by atoms with Gasteiger partial charge < -0.3 is 4.42 Å². The minimum Gasteiger partial charge on any atom is -0.463 e. The van der Waals surface area contributed by atoms with Gasteiger partial charge in [-0.3, -0.25) is 0 Å². The van der Waals surface area contributed by atoms with Crippen molar-refractivity contribution in [1.29, 1.82) is 5.26 Å². The van der Waals surface area contributed by atoms with Crippen LogP contribution in [-0.2, 0) is 0 Å². The van der Waals surface area contributed by atoms with E-state index < -0.39 is 0 Å². The first-order valence-corrected chi connectivity index (χ1v) is 3.70. The molecule has 0 aliphatic carbocycles. The minimum atomic E-state index is 0.598. The zero-order valence-corrected chi connectivity index (χ0v) is 6.66. The van der Waals surface area contributed by atoms with Gasteiger partial charge >= 0.3 is 0 Å². The number of nitriles is 1. The van der Waals surface area contributed by atoms with Crippen LogP contribution in [0.1, 0.15) is 11.1 Å². The van der Waals surface area contributed by atoms with Gasteiger partial charge in [-0.25, -0.2) is 0 Å². The Morgan fingerprint density at radius 3 is 2.92 bits per heavy atom. The summed E-state index contributed by atoms with van der Waals surface area (Å²) in [4.78, 5) is 0. The molecule has 0 aliphatic heterocycles. The van der Waals surface area contributed by atoms with Gasteiger partial charge in [0.1, 0.15) is 6.07 Å². The Kier molecular flexibility index (Phi) is 1.38. The van der Waals surface area contributed by atoms with Gasteiger partial charge in [0.25, 0.3) is 0 Å². The van der Waals surface area contributed by atoms with Gasteiger partial charge in [0.15, 0.2) is 5.58 Å². The predicted octanol–water partition coefficient (Wildman–Crippen LogP) is 2.61. The molecule has 58 valence electrons. The average Bonchev–Trinajstić information content (AvgIpc) is 2.54. The molecule has 2 rings (SSSR count). The van der Waals surface area contributed by atoms with Crippen molar-refractivity contribution in [2.24, 2.45) is 0 Å². The molecule has 2 nitrogen and oxygen atoms in total. The summed E-state index contributed by atoms with van der Waals surface area (Å²) in [7, 11) is 0. The van der Waals surface area contributed by atoms with E-state index in [0.717, 1.165) is 10.9 Å². The maximum Gasteiger partial charge on any atom is 0.151 e. The number of aryl methyl sites for hydroxylation is 1. The zero-order valence-electron chi connectivity index (χ0n) is 6.66. The molecule has 0 N–H and O–H groups in total. The second kappa shape index (κ2) is 2.38. The predicted molar refractivity (Wildman–Crippen MR) is 45.7 cm³/mol. The number of rotatable bonds is 0. The average molecular weight is 157 g/mol. The summed E-state index contributed by atoms with van der Waals surface area (Å²) in [5.74, 6) is 0. The molecule has 12 heavy (non-hydrogen) atoms. The highest BCUT2D eigenvalue weighted by atomic mass is 16.3. The van der Waals surface area contributed by atoms with Crippen molar-refractivity contribution in [3.05, 3.63) is 35.6 Å². The van der Waals surface area contributed by atoms with Crippen molar-refractivity contribution in [2.45, 2.75) is 6.92 Å². The molecular formula is C10H7NO. The molecule has 2 aromatic rings. The molecule has 0 aliphatic rings. The molecule has 0 unspecified atom stereocenters. The molecule has 0 saturated heterocycles. The lowest BCUT2D eigenvalue weighted by Gasteiger charge is -1.94. The van der Waals surface area contributed by atoms with Gasteiger partial charge in [-0.05, 0) is 24.6 Å². The third-order valence-electron chi connectivity index (χ3n) is 1.96. The lowest BCUT2D eigenvalue weighted by molar-refractivity contribution is 0.614. The number of fused-ring (bicyclic) bond motifs is 1. The number of benzene rings is 1. The van der Waals surface area contributed by atoms with Gasteiger partial charge in [0.2, 0.25) is 0 Å². The summed E-state index contributed by atoms with van der Waals surface area (Å²) in [5.41, 5.74) is 2.43. The summed E-state index contributed by atoms with van der Waals surface area (Å²) in [6, 6.07) is 7.68. The van der Waals surface area contributed by atoms with E-state index in [9.17, 15) is 0 Å². The second-order valence-electron chi connectivity index (χ2n) is 2.71. The fourth-order valence-corrected chi connectivity index (χ4v) is 1.29. The first kappa shape index (κ1) is 6.93. The molecule has 0 atom stereocenters. The smallest absolute Gasteiger partial charge is 0.151 e. The van der Waals surface area contributed by atoms with Crippen LogP contribution in [0.2, 0.25) is 0 Å². The number of furan rings is 1. The lowest BCUT2D eigenvalue weighted by atomic mass is 10.1. The maximum absolute atomic E-state index is 8.73. The van der Waals surface area contributed by atoms with Crippen LogP contribution in [0.15, 0.2) is 28.9 Å². The van der Waals surface area contributed by atoms with Crippen molar-refractivity contribution in [2.75, 3.05) is 0 Å². The minimum absolute atomic E-state index is 0.598. The lowest BCUT2D eigenvalue weighted by Crippen LogP contribution is -1.78. The first-order chi connectivity index (χ1) is 5.83. The quantitative estimate of drug-likeness (QED) is 0.589. The van der Waals surface area contributed by atoms with E-state index in [1.165, 1.54) is 0 Å². The van der Waals surface area contributed by atoms with Crippen LogP contribution < -0.4 is 0 Å². The molecule has 1 aromatic carbocycles. The van der Waals surface area contributed by atoms with Gasteiger partial charge in [-0.1, -0.05) is 6.07 Å². The Morgan fingerprint density at radius 2 is 2.17 bits per heavy atom. The number of nitrogens with zero attached hydrogens (tertiary/aromatic N) is 1. The Balaban J connectivity index is 2.94. The SMILES string of the molecule is Cc1ccc(C#N)c2occc12. The molecule has 1 aromatic heterocycles. The van der Waals surface area contributed by atoms with Gasteiger partial charge in [-0.2, -0.15) is 5.26 Å². The molecule has 0 spiro atoms. The van der Waals surface area contributed by atoms with E-state index in [1.807, 2.05) is 19.1 Å². The van der Waals surface area contributed by atoms with Crippen LogP contribution in [0.25, 0.3) is 11.0 Å². The Bertz CT molecular complexity index is 462. The third-order valence-corrected chi connectivity index (χ3v) is 1.96. The van der Waals surface area contributed by atoms with Gasteiger partial charge in [0.05, 0.1) is 11.8 Å². The standard InChI is InChI=1S/C10H7NO/c1-7-2-3-8(6-11)10-9(7)4-5-12-10/h2-5H,1H3. The van der Waals surface area contributed by atoms with Crippen LogP contribution in [0.3, 0.4) is 0 Å². The monoisotopic (exact) mass is 157 g/mol. The Morgan fingerprint density at radius 1 is 1.33 bits per heavy atom. The zero-order chi connectivity index (χ0) is 8.55. The summed E-state index contributed by atoms with van der Waals surface area (Å²) in [6.07, 6.45) is 1.61. The highest BCUT2D eigenvalue weighted by molar-refractivity contribution is 5.85. The number of hydrogen-bond donors (Lipinski definition) is 0. The van der Waals surface area contributed by atoms with Crippen molar-refractivity contribution in [3.63, 3.8) is 0 Å². The van der Waals surface area contributed by atoms with Crippen LogP contribution in [-0.4, -0.2) is 0 Å². The van der Waals surface area contributed by atoms with Crippen LogP contribution >= 0.6 is 0 Å². The van der Waals surface area contributed by atoms with Crippen LogP contribution in [0, 0.1) is 18.3 Å². The molecule has 1 heterocycles. The largest absolute Gasteiger partial charge is 0.463 e. The Hall–Kier alpha value is -1.75. The summed E-state index contributed by atoms with van der Waals surface area (Å²) < 4.78 is 5.20. The summed E-state index contributed by atoms with van der Waals surface area (Å²) in [5, 5.41) is 9.76. The van der Waals surface area contributed by atoms with Gasteiger partial charge in [-0.15, -0.1) is 0 Å². The van der Waals surface area contributed by atoms with E-state index in [1.54, 1.807) is 12.3 Å². The molecular weight excluding hydrogens is 150 g/mol. The second-order valence-corrected chi connectivity index (χ2v) is 2.71. The normalized spacial score (nSPS) is 10.0. The van der Waals surface area contributed by atoms with Crippen LogP contribution in [0.4, 0.5) is 0 Å². The van der Waals surface area contributed by atoms with E-state index in [2.05, 4.69) is 6.07 Å². The Labute approximate surface area is 70.0 Å². The summed E-state index contributed by atoms with van der Waals surface area (Å²) >= 11 is 0. The van der Waals surface area contributed by atoms with E-state index in [-0.39, 0.29) is 0 Å². The van der Waals surface area contributed by atoms with Crippen molar-refractivity contribution in [3.8, 4) is 6.07 Å². The third kappa shape index (κ3) is 0.802. The highest BCUT2D eigenvalue weighted by Crippen LogP contribution is 2.22. The summed E-state index contributed by atoms with van der Waals surface area (Å²) in [6.45, 7) is 2.00. The highest BCUT2D eigenvalue weighted by Gasteiger charge is 2.04. The van der Waals surface area contributed by atoms with Crippen molar-refractivity contribution < 1.29 is 4.42 Å². The van der Waals surface area contributed by atoms with E-state index in [4.69, 9.17) is 9.68 Å². The fraction of sp³-hybridized carbons (Fsp3) is 0.100. The molecule has 0 radical (unpaired) electrons. The molecule has 0 amide bonds.